The van der Waals surface area contributed by atoms with Gasteiger partial charge in [0, 0.05) is 17.2 Å². The average molecular weight is 563 g/mol. The van der Waals surface area contributed by atoms with Crippen molar-refractivity contribution in [3.05, 3.63) is 79.9 Å². The van der Waals surface area contributed by atoms with Crippen molar-refractivity contribution in [2.75, 3.05) is 19.7 Å². The van der Waals surface area contributed by atoms with Crippen LogP contribution in [0.3, 0.4) is 0 Å². The van der Waals surface area contributed by atoms with Crippen LogP contribution in [0.1, 0.15) is 26.3 Å². The van der Waals surface area contributed by atoms with Gasteiger partial charge in [-0.05, 0) is 29.8 Å². The third-order valence-corrected chi connectivity index (χ3v) is 6.05. The number of nitriles is 1. The zero-order valence-electron chi connectivity index (χ0n) is 20.9. The van der Waals surface area contributed by atoms with E-state index in [0.29, 0.717) is 5.56 Å². The number of rotatable bonds is 8. The first-order valence-electron chi connectivity index (χ1n) is 11.8. The monoisotopic (exact) mass is 563 g/mol. The van der Waals surface area contributed by atoms with Crippen molar-refractivity contribution >= 4 is 39.6 Å². The van der Waals surface area contributed by atoms with Crippen LogP contribution >= 0.6 is 0 Å². The highest BCUT2D eigenvalue weighted by atomic mass is 16.5. The number of ether oxygens (including phenoxy) is 1. The molecule has 41 heavy (non-hydrogen) atoms. The largest absolute Gasteiger partial charge is 0.506 e. The molecule has 0 bridgehead atoms. The quantitative estimate of drug-likeness (QED) is 0.0946. The van der Waals surface area contributed by atoms with Crippen molar-refractivity contribution in [2.45, 2.75) is 6.42 Å². The minimum Gasteiger partial charge on any atom is -0.506 e. The molecule has 0 aliphatic rings. The highest BCUT2D eigenvalue weighted by molar-refractivity contribution is 6.03. The Morgan fingerprint density at radius 3 is 2.10 bits per heavy atom. The second-order valence-electron chi connectivity index (χ2n) is 8.54. The molecule has 4 rings (SSSR count). The molecule has 0 radical (unpaired) electrons. The molecule has 2 aromatic heterocycles. The summed E-state index contributed by atoms with van der Waals surface area (Å²) >= 11 is 0. The van der Waals surface area contributed by atoms with Gasteiger partial charge >= 0.3 is 5.97 Å². The Hall–Kier alpha value is -6.04. The summed E-state index contributed by atoms with van der Waals surface area (Å²) in [7, 11) is 0. The Morgan fingerprint density at radius 2 is 1.44 bits per heavy atom. The number of nitrogens with one attached hydrogen (secondary N) is 2. The number of carbonyl (C=O) groups is 3. The second-order valence-corrected chi connectivity index (χ2v) is 8.54. The van der Waals surface area contributed by atoms with Crippen LogP contribution in [0, 0.1) is 11.3 Å². The van der Waals surface area contributed by atoms with Crippen molar-refractivity contribution in [1.82, 2.24) is 20.1 Å². The molecule has 0 aliphatic carbocycles. The first kappa shape index (κ1) is 28.0. The van der Waals surface area contributed by atoms with Gasteiger partial charge in [-0.25, -0.2) is 0 Å². The molecule has 0 saturated heterocycles. The van der Waals surface area contributed by atoms with Crippen LogP contribution in [0.2, 0.25) is 0 Å². The summed E-state index contributed by atoms with van der Waals surface area (Å²) in [6, 6.07) is 11.6. The molecule has 2 amide bonds. The van der Waals surface area contributed by atoms with Crippen molar-refractivity contribution in [1.29, 1.82) is 5.26 Å². The van der Waals surface area contributed by atoms with E-state index in [-0.39, 0.29) is 44.3 Å². The fourth-order valence-corrected chi connectivity index (χ4v) is 4.06. The van der Waals surface area contributed by atoms with E-state index in [1.165, 1.54) is 42.5 Å². The highest BCUT2D eigenvalue weighted by Gasteiger charge is 2.24. The third-order valence-electron chi connectivity index (χ3n) is 6.05. The first-order chi connectivity index (χ1) is 19.6. The minimum absolute atomic E-state index is 0.0189. The summed E-state index contributed by atoms with van der Waals surface area (Å²) in [5.74, 6) is -4.41. The Bertz CT molecular complexity index is 1890. The fraction of sp³-hybridized carbons (Fsp3) is 0.154. The number of pyridine rings is 2. The number of fused-ring (bicyclic) bond motifs is 2. The number of hydrogen-bond donors (Lipinski definition) is 6. The van der Waals surface area contributed by atoms with Gasteiger partial charge in [-0.3, -0.25) is 24.0 Å². The zero-order valence-corrected chi connectivity index (χ0v) is 20.9. The van der Waals surface area contributed by atoms with E-state index in [0.717, 1.165) is 0 Å². The van der Waals surface area contributed by atoms with Crippen LogP contribution < -0.4 is 21.8 Å². The highest BCUT2D eigenvalue weighted by Crippen LogP contribution is 2.27. The summed E-state index contributed by atoms with van der Waals surface area (Å²) in [6.07, 6.45) is 0.0790. The number of aromatic nitrogens is 2. The smallest absolute Gasteiger partial charge is 0.325 e. The van der Waals surface area contributed by atoms with Crippen LogP contribution in [0.25, 0.3) is 21.8 Å². The van der Waals surface area contributed by atoms with Crippen LogP contribution in [0.4, 0.5) is 0 Å². The first-order valence-corrected chi connectivity index (χ1v) is 11.8. The van der Waals surface area contributed by atoms with Gasteiger partial charge < -0.3 is 36.0 Å². The Kier molecular flexibility index (Phi) is 7.76. The maximum atomic E-state index is 12.5. The van der Waals surface area contributed by atoms with Gasteiger partial charge in [0.1, 0.15) is 30.2 Å². The number of carbonyl (C=O) groups excluding carboxylic acids is 3. The summed E-state index contributed by atoms with van der Waals surface area (Å²) in [6.45, 7) is -1.30. The van der Waals surface area contributed by atoms with Gasteiger partial charge in [-0.15, -0.1) is 9.46 Å². The zero-order chi connectivity index (χ0) is 29.8. The number of nitrogens with zero attached hydrogens (tertiary/aromatic N) is 3. The lowest BCUT2D eigenvalue weighted by molar-refractivity contribution is -0.142. The molecule has 15 nitrogen and oxygen atoms in total. The van der Waals surface area contributed by atoms with Crippen LogP contribution in [0.5, 0.6) is 11.5 Å². The molecule has 0 aliphatic heterocycles. The molecule has 15 heteroatoms. The topological polar surface area (TPSA) is 233 Å². The molecule has 0 atom stereocenters. The summed E-state index contributed by atoms with van der Waals surface area (Å²) < 4.78 is 5.44. The number of esters is 1. The van der Waals surface area contributed by atoms with Crippen LogP contribution in [-0.4, -0.2) is 67.6 Å². The minimum atomic E-state index is -1.21. The standard InChI is InChI=1S/C26H21N5O10/c27-8-9-28-23(35)19-22(34)15-6-5-13(11-17(15)31(40)26(19)38)7-10-41-18(32)12-29-24(36)20-21(33)14-3-1-2-4-16(14)30(39)25(20)37/h1-6,11,33-34,39-40H,7,9-10,12H2,(H,28,35)(H,29,36). The summed E-state index contributed by atoms with van der Waals surface area (Å²) in [5, 5.41) is 54.0. The molecule has 0 spiro atoms. The van der Waals surface area contributed by atoms with Gasteiger partial charge in [0.25, 0.3) is 22.9 Å². The van der Waals surface area contributed by atoms with E-state index in [2.05, 4.69) is 10.6 Å². The SMILES string of the molecule is N#CCNC(=O)c1c(O)c2ccc(CCOC(=O)CNC(=O)c3c(O)c4ccccc4n(O)c3=O)cc2n(O)c1=O. The van der Waals surface area contributed by atoms with Crippen LogP contribution in [0.15, 0.2) is 52.1 Å². The van der Waals surface area contributed by atoms with Gasteiger partial charge in [0.05, 0.1) is 23.7 Å². The van der Waals surface area contributed by atoms with Gasteiger partial charge in [-0.2, -0.15) is 5.26 Å². The third kappa shape index (κ3) is 5.29. The fourth-order valence-electron chi connectivity index (χ4n) is 4.06. The lowest BCUT2D eigenvalue weighted by Crippen LogP contribution is -2.36. The summed E-state index contributed by atoms with van der Waals surface area (Å²) in [4.78, 5) is 61.6. The molecule has 0 saturated carbocycles. The number of aromatic hydroxyl groups is 2. The molecular weight excluding hydrogens is 542 g/mol. The van der Waals surface area contributed by atoms with Crippen molar-refractivity contribution in [3.8, 4) is 17.6 Å². The van der Waals surface area contributed by atoms with E-state index in [1.807, 2.05) is 0 Å². The number of para-hydroxylation sites is 1. The van der Waals surface area contributed by atoms with Crippen LogP contribution in [-0.2, 0) is 16.0 Å². The van der Waals surface area contributed by atoms with Crippen molar-refractivity contribution < 1.29 is 39.7 Å². The van der Waals surface area contributed by atoms with E-state index in [1.54, 1.807) is 6.07 Å². The normalized spacial score (nSPS) is 10.7. The summed E-state index contributed by atoms with van der Waals surface area (Å²) in [5.41, 5.74) is -3.60. The second kappa shape index (κ2) is 11.4. The molecule has 0 unspecified atom stereocenters. The van der Waals surface area contributed by atoms with Gasteiger partial charge in [0.2, 0.25) is 0 Å². The molecule has 0 fully saturated rings. The van der Waals surface area contributed by atoms with Crippen molar-refractivity contribution in [2.24, 2.45) is 0 Å². The van der Waals surface area contributed by atoms with E-state index in [9.17, 15) is 44.6 Å². The molecule has 4 aromatic rings. The van der Waals surface area contributed by atoms with Gasteiger partial charge in [-0.1, -0.05) is 18.2 Å². The average Bonchev–Trinajstić information content (AvgIpc) is 2.96. The number of amides is 2. The molecule has 2 aromatic carbocycles. The molecular formula is C26H21N5O10. The lowest BCUT2D eigenvalue weighted by atomic mass is 10.1. The maximum Gasteiger partial charge on any atom is 0.325 e. The molecule has 210 valence electrons. The Labute approximate surface area is 228 Å². The van der Waals surface area contributed by atoms with E-state index >= 15 is 0 Å². The Morgan fingerprint density at radius 1 is 0.854 bits per heavy atom. The predicted molar refractivity (Wildman–Crippen MR) is 139 cm³/mol. The van der Waals surface area contributed by atoms with E-state index in [4.69, 9.17) is 10.00 Å². The predicted octanol–water partition coefficient (Wildman–Crippen LogP) is -0.0287. The maximum absolute atomic E-state index is 12.5. The number of hydrogen-bond acceptors (Lipinski definition) is 11. The number of benzene rings is 2. The Balaban J connectivity index is 1.40. The lowest BCUT2D eigenvalue weighted by Gasteiger charge is -2.12. The molecule has 2 heterocycles. The van der Waals surface area contributed by atoms with Crippen molar-refractivity contribution in [3.63, 3.8) is 0 Å². The molecule has 6 N–H and O–H groups in total. The van der Waals surface area contributed by atoms with E-state index < -0.39 is 64.6 Å². The van der Waals surface area contributed by atoms with Gasteiger partial charge in [0.15, 0.2) is 5.56 Å².